The van der Waals surface area contributed by atoms with Crippen LogP contribution in [0.25, 0.3) is 0 Å². The van der Waals surface area contributed by atoms with Gasteiger partial charge in [0.15, 0.2) is 0 Å². The topological polar surface area (TPSA) is 38.0 Å². The molecule has 0 aromatic heterocycles. The molecule has 0 spiro atoms. The minimum Gasteiger partial charge on any atom is -0.399 e. The summed E-state index contributed by atoms with van der Waals surface area (Å²) in [6.45, 7) is 13.0. The van der Waals surface area contributed by atoms with Crippen molar-refractivity contribution in [2.75, 3.05) is 12.8 Å². The molecular formula is C31H36N2. The van der Waals surface area contributed by atoms with E-state index in [1.807, 2.05) is 31.3 Å². The van der Waals surface area contributed by atoms with Gasteiger partial charge < -0.3 is 11.1 Å². The number of rotatable bonds is 7. The zero-order valence-electron chi connectivity index (χ0n) is 20.7. The Balaban J connectivity index is 1.88. The van der Waals surface area contributed by atoms with E-state index in [1.165, 1.54) is 33.4 Å². The van der Waals surface area contributed by atoms with Gasteiger partial charge in [-0.3, -0.25) is 0 Å². The first-order valence-electron chi connectivity index (χ1n) is 11.7. The van der Waals surface area contributed by atoms with Crippen LogP contribution in [0.15, 0.2) is 66.9 Å². The van der Waals surface area contributed by atoms with Crippen molar-refractivity contribution >= 4 is 5.69 Å². The lowest BCUT2D eigenvalue weighted by molar-refractivity contribution is 0.839. The van der Waals surface area contributed by atoms with E-state index in [9.17, 15) is 0 Å². The van der Waals surface area contributed by atoms with Crippen molar-refractivity contribution in [3.05, 3.63) is 111 Å². The van der Waals surface area contributed by atoms with Crippen LogP contribution in [0.4, 0.5) is 5.69 Å². The summed E-state index contributed by atoms with van der Waals surface area (Å²) in [5.74, 6) is 7.10. The molecular weight excluding hydrogens is 400 g/mol. The van der Waals surface area contributed by atoms with Gasteiger partial charge >= 0.3 is 0 Å². The maximum atomic E-state index is 5.80. The molecule has 0 saturated heterocycles. The van der Waals surface area contributed by atoms with Crippen molar-refractivity contribution in [2.45, 2.75) is 52.9 Å². The Kier molecular flexibility index (Phi) is 8.01. The molecule has 170 valence electrons. The summed E-state index contributed by atoms with van der Waals surface area (Å²) in [5.41, 5.74) is 17.8. The molecule has 3 rings (SSSR count). The lowest BCUT2D eigenvalue weighted by Crippen LogP contribution is -2.05. The van der Waals surface area contributed by atoms with Crippen LogP contribution in [0.5, 0.6) is 0 Å². The molecule has 0 atom stereocenters. The maximum Gasteiger partial charge on any atom is 0.0314 e. The smallest absolute Gasteiger partial charge is 0.0314 e. The van der Waals surface area contributed by atoms with Crippen molar-refractivity contribution in [1.29, 1.82) is 0 Å². The molecule has 3 aromatic rings. The number of hydrogen-bond donors (Lipinski definition) is 2. The number of anilines is 1. The molecule has 0 amide bonds. The predicted molar refractivity (Wildman–Crippen MR) is 143 cm³/mol. The summed E-state index contributed by atoms with van der Waals surface area (Å²) in [6.07, 6.45) is 2.88. The van der Waals surface area contributed by atoms with Crippen LogP contribution in [-0.2, 0) is 12.8 Å². The maximum absolute atomic E-state index is 5.80. The highest BCUT2D eigenvalue weighted by atomic mass is 14.8. The quantitative estimate of drug-likeness (QED) is 0.321. The molecule has 0 radical (unpaired) electrons. The Morgan fingerprint density at radius 1 is 0.909 bits per heavy atom. The van der Waals surface area contributed by atoms with Gasteiger partial charge in [0, 0.05) is 29.6 Å². The Bertz CT molecular complexity index is 1160. The third-order valence-corrected chi connectivity index (χ3v) is 6.15. The molecule has 0 aliphatic rings. The van der Waals surface area contributed by atoms with E-state index < -0.39 is 0 Å². The summed E-state index contributed by atoms with van der Waals surface area (Å²) in [5, 5.41) is 3.14. The van der Waals surface area contributed by atoms with E-state index >= 15 is 0 Å². The summed E-state index contributed by atoms with van der Waals surface area (Å²) in [6, 6.07) is 19.2. The minimum atomic E-state index is 0.451. The first-order chi connectivity index (χ1) is 15.7. The van der Waals surface area contributed by atoms with Crippen LogP contribution in [-0.4, -0.2) is 7.05 Å². The molecule has 0 aliphatic carbocycles. The zero-order chi connectivity index (χ0) is 24.0. The van der Waals surface area contributed by atoms with Crippen LogP contribution in [0.1, 0.15) is 70.7 Å². The SMILES string of the molecule is C=C(CCc1cc(C)c(Cc2cc(C#Cc3ccc(N)cc3)cc(C(C)C)c2)c(C)c1)NC. The molecule has 0 bridgehead atoms. The highest BCUT2D eigenvalue weighted by Crippen LogP contribution is 2.25. The molecule has 0 fully saturated rings. The average molecular weight is 437 g/mol. The molecule has 2 heteroatoms. The molecule has 0 saturated carbocycles. The Morgan fingerprint density at radius 3 is 2.15 bits per heavy atom. The second-order valence-electron chi connectivity index (χ2n) is 9.23. The lowest BCUT2D eigenvalue weighted by Gasteiger charge is -2.15. The number of nitrogens with two attached hydrogens (primary N) is 1. The van der Waals surface area contributed by atoms with Crippen molar-refractivity contribution in [1.82, 2.24) is 5.32 Å². The van der Waals surface area contributed by atoms with Crippen LogP contribution >= 0.6 is 0 Å². The summed E-state index contributed by atoms with van der Waals surface area (Å²) < 4.78 is 0. The zero-order valence-corrected chi connectivity index (χ0v) is 20.7. The van der Waals surface area contributed by atoms with Crippen molar-refractivity contribution in [3.63, 3.8) is 0 Å². The minimum absolute atomic E-state index is 0.451. The Morgan fingerprint density at radius 2 is 1.55 bits per heavy atom. The van der Waals surface area contributed by atoms with E-state index in [0.29, 0.717) is 5.92 Å². The van der Waals surface area contributed by atoms with E-state index in [2.05, 4.69) is 81.8 Å². The second-order valence-corrected chi connectivity index (χ2v) is 9.23. The number of hydrogen-bond acceptors (Lipinski definition) is 2. The third kappa shape index (κ3) is 6.77. The summed E-state index contributed by atoms with van der Waals surface area (Å²) in [7, 11) is 1.93. The Labute approximate surface area is 199 Å². The van der Waals surface area contributed by atoms with Gasteiger partial charge in [-0.25, -0.2) is 0 Å². The fourth-order valence-corrected chi connectivity index (χ4v) is 4.07. The first kappa shape index (κ1) is 24.2. The number of aryl methyl sites for hydroxylation is 3. The monoisotopic (exact) mass is 436 g/mol. The summed E-state index contributed by atoms with van der Waals surface area (Å²) in [4.78, 5) is 0. The normalized spacial score (nSPS) is 10.6. The van der Waals surface area contributed by atoms with Gasteiger partial charge in [0.2, 0.25) is 0 Å². The van der Waals surface area contributed by atoms with Crippen molar-refractivity contribution < 1.29 is 0 Å². The highest BCUT2D eigenvalue weighted by Gasteiger charge is 2.10. The fraction of sp³-hybridized carbons (Fsp3) is 0.290. The fourth-order valence-electron chi connectivity index (χ4n) is 4.07. The van der Waals surface area contributed by atoms with Gasteiger partial charge in [-0.1, -0.05) is 50.5 Å². The van der Waals surface area contributed by atoms with E-state index in [4.69, 9.17) is 5.73 Å². The number of benzene rings is 3. The molecule has 0 heterocycles. The lowest BCUT2D eigenvalue weighted by atomic mass is 9.90. The molecule has 3 N–H and O–H groups in total. The molecule has 3 aromatic carbocycles. The molecule has 33 heavy (non-hydrogen) atoms. The van der Waals surface area contributed by atoms with Crippen molar-refractivity contribution in [2.24, 2.45) is 0 Å². The van der Waals surface area contributed by atoms with Gasteiger partial charge in [-0.05, 0) is 109 Å². The Hall–Kier alpha value is -3.44. The number of nitrogen functional groups attached to an aromatic ring is 1. The van der Waals surface area contributed by atoms with Crippen LogP contribution < -0.4 is 11.1 Å². The standard InChI is InChI=1S/C31H36N2/c1-21(2)29-18-27(10-9-25-11-13-30(32)14-12-25)17-28(19-29)20-31-22(3)15-26(16-23(31)4)8-7-24(5)33-6/h11-19,21,33H,5,7-8,20,32H2,1-4,6H3. The van der Waals surface area contributed by atoms with E-state index in [1.54, 1.807) is 0 Å². The van der Waals surface area contributed by atoms with E-state index in [0.717, 1.165) is 41.8 Å². The highest BCUT2D eigenvalue weighted by molar-refractivity contribution is 5.50. The van der Waals surface area contributed by atoms with Crippen LogP contribution in [0.2, 0.25) is 0 Å². The average Bonchev–Trinajstić information content (AvgIpc) is 2.79. The van der Waals surface area contributed by atoms with Gasteiger partial charge in [-0.2, -0.15) is 0 Å². The van der Waals surface area contributed by atoms with Gasteiger partial charge in [0.05, 0.1) is 0 Å². The van der Waals surface area contributed by atoms with Gasteiger partial charge in [0.25, 0.3) is 0 Å². The second kappa shape index (κ2) is 10.9. The molecule has 0 unspecified atom stereocenters. The third-order valence-electron chi connectivity index (χ3n) is 6.15. The largest absolute Gasteiger partial charge is 0.399 e. The van der Waals surface area contributed by atoms with Gasteiger partial charge in [-0.15, -0.1) is 0 Å². The van der Waals surface area contributed by atoms with Crippen LogP contribution in [0, 0.1) is 25.7 Å². The predicted octanol–water partition coefficient (Wildman–Crippen LogP) is 6.67. The molecule has 2 nitrogen and oxygen atoms in total. The van der Waals surface area contributed by atoms with Crippen molar-refractivity contribution in [3.8, 4) is 11.8 Å². The number of nitrogens with one attached hydrogen (secondary N) is 1. The summed E-state index contributed by atoms with van der Waals surface area (Å²) >= 11 is 0. The van der Waals surface area contributed by atoms with Gasteiger partial charge in [0.1, 0.15) is 0 Å². The molecule has 0 aliphatic heterocycles. The van der Waals surface area contributed by atoms with E-state index in [-0.39, 0.29) is 0 Å². The van der Waals surface area contributed by atoms with Crippen LogP contribution in [0.3, 0.4) is 0 Å². The first-order valence-corrected chi connectivity index (χ1v) is 11.7. The number of allylic oxidation sites excluding steroid dienone is 1.